The number of hydrogen-bond acceptors (Lipinski definition) is 9. The highest BCUT2D eigenvalue weighted by Gasteiger charge is 2.34. The van der Waals surface area contributed by atoms with E-state index in [2.05, 4.69) is 41.9 Å². The number of phenolic OH excluding ortho intramolecular Hbond substituents is 1. The van der Waals surface area contributed by atoms with Crippen LogP contribution in [0.2, 0.25) is 0 Å². The highest BCUT2D eigenvalue weighted by molar-refractivity contribution is 5.82. The molecule has 1 saturated carbocycles. The number of aromatic nitrogens is 5. The predicted octanol–water partition coefficient (Wildman–Crippen LogP) is 6.10. The first-order chi connectivity index (χ1) is 20.9. The molecule has 2 aliphatic rings. The Morgan fingerprint density at radius 1 is 1.02 bits per heavy atom. The number of methoxy groups -OCH3 is 1. The van der Waals surface area contributed by atoms with Gasteiger partial charge in [0.2, 0.25) is 0 Å². The number of carbonyl (C=O) groups excluding carboxylic acids is 1. The molecule has 220 valence electrons. The lowest BCUT2D eigenvalue weighted by atomic mass is 9.93. The molecule has 4 aromatic heterocycles. The van der Waals surface area contributed by atoms with Gasteiger partial charge in [0.15, 0.2) is 5.76 Å². The fraction of sp³-hybridized carbons (Fsp3) is 0.364. The van der Waals surface area contributed by atoms with Crippen LogP contribution in [0.4, 0.5) is 5.69 Å². The quantitative estimate of drug-likeness (QED) is 0.218. The topological polar surface area (TPSA) is 119 Å². The second-order valence-corrected chi connectivity index (χ2v) is 11.9. The van der Waals surface area contributed by atoms with Gasteiger partial charge in [0.25, 0.3) is 0 Å². The normalized spacial score (nSPS) is 17.6. The molecular weight excluding hydrogens is 544 g/mol. The Labute approximate surface area is 249 Å². The molecule has 0 spiro atoms. The smallest absolute Gasteiger partial charge is 0.316 e. The monoisotopic (exact) mass is 578 g/mol. The molecule has 10 heteroatoms. The van der Waals surface area contributed by atoms with E-state index in [0.717, 1.165) is 49.1 Å². The van der Waals surface area contributed by atoms with Gasteiger partial charge < -0.3 is 23.8 Å². The van der Waals surface area contributed by atoms with E-state index < -0.39 is 5.92 Å². The van der Waals surface area contributed by atoms with Crippen molar-refractivity contribution >= 4 is 22.7 Å². The second-order valence-electron chi connectivity index (χ2n) is 11.9. The fourth-order valence-electron chi connectivity index (χ4n) is 6.31. The number of carbonyl (C=O) groups is 1. The fourth-order valence-corrected chi connectivity index (χ4v) is 6.31. The predicted molar refractivity (Wildman–Crippen MR) is 162 cm³/mol. The zero-order valence-electron chi connectivity index (χ0n) is 24.5. The van der Waals surface area contributed by atoms with Gasteiger partial charge in [-0.25, -0.2) is 0 Å². The summed E-state index contributed by atoms with van der Waals surface area (Å²) in [6.45, 7) is 5.69. The Kier molecular flexibility index (Phi) is 6.83. The summed E-state index contributed by atoms with van der Waals surface area (Å²) in [5, 5.41) is 23.7. The lowest BCUT2D eigenvalue weighted by Crippen LogP contribution is -2.20. The molecule has 43 heavy (non-hydrogen) atoms. The lowest BCUT2D eigenvalue weighted by molar-refractivity contribution is -0.144. The van der Waals surface area contributed by atoms with Crippen LogP contribution in [0.5, 0.6) is 5.75 Å². The maximum atomic E-state index is 12.3. The molecular formula is C33H34N6O4. The van der Waals surface area contributed by atoms with Crippen LogP contribution < -0.4 is 4.90 Å². The van der Waals surface area contributed by atoms with E-state index in [9.17, 15) is 9.90 Å². The number of nitrogens with zero attached hydrogens (tertiary/aromatic N) is 6. The number of rotatable bonds is 8. The third kappa shape index (κ3) is 5.00. The third-order valence-electron chi connectivity index (χ3n) is 8.65. The molecule has 2 fully saturated rings. The maximum Gasteiger partial charge on any atom is 0.316 e. The van der Waals surface area contributed by atoms with Gasteiger partial charge in [-0.15, -0.1) is 10.2 Å². The summed E-state index contributed by atoms with van der Waals surface area (Å²) in [4.78, 5) is 19.3. The number of hydrogen-bond donors (Lipinski definition) is 1. The maximum absolute atomic E-state index is 12.3. The molecule has 1 aliphatic heterocycles. The standard InChI is InChI=1S/C33H34N6O4/c1-19(2)32(33(41)42-3)31-17-26(37-43-31)25-14-22(10-12-34-25)38-13-11-20(18-38)28-16-27-29(39(28)21-8-9-21)15-24(35-36-27)23-6-4-5-7-30(23)40/h4-7,10,12,14-17,19-21,32,40H,8-9,11,13,18H2,1-3H3/t20-,32?/m1/s1. The average Bonchev–Trinajstić information content (AvgIpc) is 3.39. The molecule has 1 saturated heterocycles. The van der Waals surface area contributed by atoms with Gasteiger partial charge in [0.1, 0.15) is 22.9 Å². The Morgan fingerprint density at radius 3 is 2.63 bits per heavy atom. The highest BCUT2D eigenvalue weighted by Crippen LogP contribution is 2.44. The number of anilines is 1. The molecule has 5 aromatic rings. The summed E-state index contributed by atoms with van der Waals surface area (Å²) in [5.41, 5.74) is 6.98. The molecule has 1 unspecified atom stereocenters. The van der Waals surface area contributed by atoms with E-state index in [0.29, 0.717) is 40.4 Å². The molecule has 7 rings (SSSR count). The zero-order valence-corrected chi connectivity index (χ0v) is 24.5. The number of aromatic hydroxyl groups is 1. The molecule has 0 amide bonds. The van der Waals surface area contributed by atoms with Gasteiger partial charge in [-0.3, -0.25) is 9.78 Å². The van der Waals surface area contributed by atoms with E-state index >= 15 is 0 Å². The van der Waals surface area contributed by atoms with Crippen LogP contribution in [0, 0.1) is 5.92 Å². The van der Waals surface area contributed by atoms with E-state index in [-0.39, 0.29) is 17.6 Å². The minimum absolute atomic E-state index is 0.00312. The van der Waals surface area contributed by atoms with Crippen LogP contribution in [-0.2, 0) is 9.53 Å². The molecule has 0 radical (unpaired) electrons. The third-order valence-corrected chi connectivity index (χ3v) is 8.65. The zero-order chi connectivity index (χ0) is 29.7. The molecule has 2 atom stereocenters. The number of benzene rings is 1. The lowest BCUT2D eigenvalue weighted by Gasteiger charge is -2.20. The van der Waals surface area contributed by atoms with Crippen molar-refractivity contribution in [1.29, 1.82) is 0 Å². The SMILES string of the molecule is COC(=O)C(c1cc(-c2cc(N3CC[C@@H](c4cc5nnc(-c6ccccc6O)cc5n4C4CC4)C3)ccn2)no1)C(C)C. The van der Waals surface area contributed by atoms with Crippen LogP contribution in [-0.4, -0.2) is 56.2 Å². The number of esters is 1. The first kappa shape index (κ1) is 27.1. The summed E-state index contributed by atoms with van der Waals surface area (Å²) in [5.74, 6) is 0.160. The number of pyridine rings is 1. The number of fused-ring (bicyclic) bond motifs is 1. The summed E-state index contributed by atoms with van der Waals surface area (Å²) in [7, 11) is 1.38. The molecule has 5 heterocycles. The van der Waals surface area contributed by atoms with Crippen molar-refractivity contribution < 1.29 is 19.2 Å². The van der Waals surface area contributed by atoms with E-state index in [4.69, 9.17) is 9.26 Å². The summed E-state index contributed by atoms with van der Waals surface area (Å²) in [6, 6.07) is 17.8. The largest absolute Gasteiger partial charge is 0.507 e. The molecule has 10 nitrogen and oxygen atoms in total. The van der Waals surface area contributed by atoms with Crippen LogP contribution in [0.15, 0.2) is 65.3 Å². The van der Waals surface area contributed by atoms with Crippen LogP contribution in [0.25, 0.3) is 33.7 Å². The van der Waals surface area contributed by atoms with Crippen molar-refractivity contribution in [2.45, 2.75) is 51.0 Å². The molecule has 1 aliphatic carbocycles. The number of phenols is 1. The number of ether oxygens (including phenoxy) is 1. The van der Waals surface area contributed by atoms with Crippen molar-refractivity contribution in [2.24, 2.45) is 5.92 Å². The Balaban J connectivity index is 1.15. The van der Waals surface area contributed by atoms with Crippen molar-refractivity contribution in [2.75, 3.05) is 25.1 Å². The van der Waals surface area contributed by atoms with Crippen LogP contribution in [0.3, 0.4) is 0 Å². The Hall–Kier alpha value is -4.73. The minimum atomic E-state index is -0.522. The Morgan fingerprint density at radius 2 is 1.86 bits per heavy atom. The van der Waals surface area contributed by atoms with E-state index in [1.165, 1.54) is 12.8 Å². The van der Waals surface area contributed by atoms with Gasteiger partial charge in [0, 0.05) is 54.3 Å². The van der Waals surface area contributed by atoms with Crippen molar-refractivity contribution in [1.82, 2.24) is 24.9 Å². The first-order valence-corrected chi connectivity index (χ1v) is 14.8. The second kappa shape index (κ2) is 10.8. The highest BCUT2D eigenvalue weighted by atomic mass is 16.5. The van der Waals surface area contributed by atoms with Gasteiger partial charge in [-0.1, -0.05) is 31.1 Å². The van der Waals surface area contributed by atoms with Crippen LogP contribution >= 0.6 is 0 Å². The summed E-state index contributed by atoms with van der Waals surface area (Å²) < 4.78 is 13.0. The van der Waals surface area contributed by atoms with E-state index in [1.54, 1.807) is 18.3 Å². The van der Waals surface area contributed by atoms with Crippen LogP contribution in [0.1, 0.15) is 62.4 Å². The molecule has 0 bridgehead atoms. The van der Waals surface area contributed by atoms with Crippen molar-refractivity contribution in [3.05, 3.63) is 72.2 Å². The Bertz CT molecular complexity index is 1810. The summed E-state index contributed by atoms with van der Waals surface area (Å²) >= 11 is 0. The van der Waals surface area contributed by atoms with E-state index in [1.807, 2.05) is 44.2 Å². The minimum Gasteiger partial charge on any atom is -0.507 e. The molecule has 1 aromatic carbocycles. The van der Waals surface area contributed by atoms with Crippen molar-refractivity contribution in [3.63, 3.8) is 0 Å². The van der Waals surface area contributed by atoms with Gasteiger partial charge in [-0.05, 0) is 61.6 Å². The van der Waals surface area contributed by atoms with Gasteiger partial charge in [0.05, 0.1) is 24.0 Å². The van der Waals surface area contributed by atoms with Crippen molar-refractivity contribution in [3.8, 4) is 28.4 Å². The summed E-state index contributed by atoms with van der Waals surface area (Å²) in [6.07, 6.45) is 5.12. The first-order valence-electron chi connectivity index (χ1n) is 14.8. The van der Waals surface area contributed by atoms with Gasteiger partial charge >= 0.3 is 5.97 Å². The molecule has 1 N–H and O–H groups in total. The number of para-hydroxylation sites is 1. The van der Waals surface area contributed by atoms with Gasteiger partial charge in [-0.2, -0.15) is 0 Å². The average molecular weight is 579 g/mol.